The van der Waals surface area contributed by atoms with E-state index in [2.05, 4.69) is 4.98 Å². The highest BCUT2D eigenvalue weighted by molar-refractivity contribution is 5.58. The molecule has 5 nitrogen and oxygen atoms in total. The molecule has 0 radical (unpaired) electrons. The van der Waals surface area contributed by atoms with Crippen molar-refractivity contribution in [2.24, 2.45) is 0 Å². The van der Waals surface area contributed by atoms with Crippen LogP contribution in [0, 0.1) is 16.7 Å². The number of nitrogens with zero attached hydrogens (tertiary/aromatic N) is 3. The lowest BCUT2D eigenvalue weighted by Crippen LogP contribution is -2.22. The van der Waals surface area contributed by atoms with E-state index in [4.69, 9.17) is 10.7 Å². The van der Waals surface area contributed by atoms with Crippen molar-refractivity contribution in [1.82, 2.24) is 9.71 Å². The summed E-state index contributed by atoms with van der Waals surface area (Å²) in [4.78, 5) is 3.99. The normalized spacial score (nSPS) is 9.69. The van der Waals surface area contributed by atoms with Crippen LogP contribution >= 0.6 is 0 Å². The summed E-state index contributed by atoms with van der Waals surface area (Å²) < 4.78 is 0.591. The third-order valence-corrected chi connectivity index (χ3v) is 2.11. The summed E-state index contributed by atoms with van der Waals surface area (Å²) in [5.41, 5.74) is 0.809. The lowest BCUT2D eigenvalue weighted by molar-refractivity contribution is 0.169. The topological polar surface area (TPSA) is 85.7 Å². The second kappa shape index (κ2) is 3.87. The molecule has 5 heteroatoms. The summed E-state index contributed by atoms with van der Waals surface area (Å²) in [6.07, 6.45) is 1.30. The summed E-state index contributed by atoms with van der Waals surface area (Å²) in [5.74, 6) is 0. The monoisotopic (exact) mass is 212 g/mol. The van der Waals surface area contributed by atoms with Crippen LogP contribution in [0.1, 0.15) is 5.69 Å². The zero-order valence-electron chi connectivity index (χ0n) is 8.25. The molecule has 2 N–H and O–H groups in total. The zero-order chi connectivity index (χ0) is 11.5. The molecule has 2 rings (SSSR count). The highest BCUT2D eigenvalue weighted by Crippen LogP contribution is 2.14. The first-order chi connectivity index (χ1) is 7.72. The molecule has 0 aliphatic heterocycles. The van der Waals surface area contributed by atoms with Gasteiger partial charge < -0.3 is 5.21 Å². The van der Waals surface area contributed by atoms with Gasteiger partial charge in [0.15, 0.2) is 11.2 Å². The van der Waals surface area contributed by atoms with Gasteiger partial charge in [0.25, 0.3) is 0 Å². The Bertz CT molecular complexity index is 610. The molecule has 0 aliphatic carbocycles. The van der Waals surface area contributed by atoms with Gasteiger partial charge in [-0.3, -0.25) is 5.41 Å². The molecule has 0 fully saturated rings. The molecule has 0 aliphatic rings. The number of hydrogen-bond donors (Lipinski definition) is 2. The average molecular weight is 212 g/mol. The van der Waals surface area contributed by atoms with Crippen molar-refractivity contribution in [2.45, 2.75) is 0 Å². The Morgan fingerprint density at radius 3 is 2.62 bits per heavy atom. The van der Waals surface area contributed by atoms with E-state index in [9.17, 15) is 5.21 Å². The van der Waals surface area contributed by atoms with Crippen molar-refractivity contribution in [3.8, 4) is 17.3 Å². The number of rotatable bonds is 1. The molecule has 78 valence electrons. The molecule has 0 saturated carbocycles. The standard InChI is InChI=1S/C11H8N4O/c12-6-9-11(13)15(16)7-10(14-9)8-4-2-1-3-5-8/h1-5,7,13,16H. The predicted molar refractivity (Wildman–Crippen MR) is 55.4 cm³/mol. The SMILES string of the molecule is N#Cc1nc(-c2ccccc2)cn(O)c1=N. The van der Waals surface area contributed by atoms with E-state index in [1.165, 1.54) is 6.20 Å². The minimum absolute atomic E-state index is 0.108. The maximum Gasteiger partial charge on any atom is 0.197 e. The number of hydrogen-bond acceptors (Lipinski definition) is 4. The van der Waals surface area contributed by atoms with Crippen LogP contribution in [0.4, 0.5) is 0 Å². The van der Waals surface area contributed by atoms with Crippen molar-refractivity contribution in [3.05, 3.63) is 47.7 Å². The molecular weight excluding hydrogens is 204 g/mol. The Labute approximate surface area is 91.3 Å². The fraction of sp³-hybridized carbons (Fsp3) is 0. The van der Waals surface area contributed by atoms with Gasteiger partial charge in [-0.15, -0.1) is 0 Å². The summed E-state index contributed by atoms with van der Waals surface area (Å²) in [7, 11) is 0. The fourth-order valence-corrected chi connectivity index (χ4v) is 1.32. The van der Waals surface area contributed by atoms with Crippen LogP contribution in [0.2, 0.25) is 0 Å². The summed E-state index contributed by atoms with van der Waals surface area (Å²) >= 11 is 0. The van der Waals surface area contributed by atoms with Crippen LogP contribution in [-0.2, 0) is 0 Å². The first-order valence-corrected chi connectivity index (χ1v) is 4.55. The molecule has 16 heavy (non-hydrogen) atoms. The van der Waals surface area contributed by atoms with E-state index in [1.807, 2.05) is 30.3 Å². The van der Waals surface area contributed by atoms with Crippen LogP contribution in [0.5, 0.6) is 0 Å². The highest BCUT2D eigenvalue weighted by Gasteiger charge is 2.05. The Morgan fingerprint density at radius 1 is 1.31 bits per heavy atom. The summed E-state index contributed by atoms with van der Waals surface area (Å²) in [5, 5.41) is 25.6. The Balaban J connectivity index is 2.66. The van der Waals surface area contributed by atoms with E-state index in [1.54, 1.807) is 6.07 Å². The van der Waals surface area contributed by atoms with E-state index in [-0.39, 0.29) is 11.2 Å². The maximum absolute atomic E-state index is 9.41. The number of nitrogens with one attached hydrogen (secondary N) is 1. The molecule has 0 bridgehead atoms. The molecule has 1 aromatic carbocycles. The van der Waals surface area contributed by atoms with E-state index in [0.717, 1.165) is 5.56 Å². The van der Waals surface area contributed by atoms with Crippen LogP contribution in [0.25, 0.3) is 11.3 Å². The predicted octanol–water partition coefficient (Wildman–Crippen LogP) is 1.14. The second-order valence-corrected chi connectivity index (χ2v) is 3.15. The number of benzene rings is 1. The molecule has 1 aromatic heterocycles. The Morgan fingerprint density at radius 2 is 2.00 bits per heavy atom. The van der Waals surface area contributed by atoms with Crippen molar-refractivity contribution in [1.29, 1.82) is 10.7 Å². The van der Waals surface area contributed by atoms with Gasteiger partial charge in [-0.1, -0.05) is 30.3 Å². The second-order valence-electron chi connectivity index (χ2n) is 3.15. The molecule has 0 amide bonds. The molecule has 0 atom stereocenters. The molecule has 0 saturated heterocycles. The third kappa shape index (κ3) is 1.64. The van der Waals surface area contributed by atoms with E-state index < -0.39 is 0 Å². The molecule has 1 heterocycles. The summed E-state index contributed by atoms with van der Waals surface area (Å²) in [6.45, 7) is 0. The molecular formula is C11H8N4O. The Hall–Kier alpha value is -2.61. The van der Waals surface area contributed by atoms with Gasteiger partial charge in [0.1, 0.15) is 6.07 Å². The number of nitriles is 1. The van der Waals surface area contributed by atoms with E-state index in [0.29, 0.717) is 10.4 Å². The van der Waals surface area contributed by atoms with E-state index >= 15 is 0 Å². The van der Waals surface area contributed by atoms with Crippen LogP contribution in [-0.4, -0.2) is 14.9 Å². The quantitative estimate of drug-likeness (QED) is 0.695. The van der Waals surface area contributed by atoms with Crippen molar-refractivity contribution in [3.63, 3.8) is 0 Å². The van der Waals surface area contributed by atoms with Gasteiger partial charge >= 0.3 is 0 Å². The van der Waals surface area contributed by atoms with Gasteiger partial charge in [-0.25, -0.2) is 4.98 Å². The lowest BCUT2D eigenvalue weighted by Gasteiger charge is -2.03. The lowest BCUT2D eigenvalue weighted by atomic mass is 10.2. The van der Waals surface area contributed by atoms with Crippen LogP contribution in [0.3, 0.4) is 0 Å². The molecule has 2 aromatic rings. The smallest absolute Gasteiger partial charge is 0.197 e. The number of aromatic nitrogens is 2. The largest absolute Gasteiger partial charge is 0.427 e. The van der Waals surface area contributed by atoms with Crippen molar-refractivity contribution < 1.29 is 5.21 Å². The Kier molecular flexibility index (Phi) is 2.40. The van der Waals surface area contributed by atoms with Gasteiger partial charge in [0.2, 0.25) is 0 Å². The van der Waals surface area contributed by atoms with Gasteiger partial charge in [-0.2, -0.15) is 9.99 Å². The van der Waals surface area contributed by atoms with Crippen LogP contribution < -0.4 is 5.49 Å². The first kappa shape index (κ1) is 9.93. The average Bonchev–Trinajstić information content (AvgIpc) is 2.33. The fourth-order valence-electron chi connectivity index (χ4n) is 1.32. The first-order valence-electron chi connectivity index (χ1n) is 4.55. The molecule has 0 unspecified atom stereocenters. The highest BCUT2D eigenvalue weighted by atomic mass is 16.5. The van der Waals surface area contributed by atoms with Gasteiger partial charge in [0.05, 0.1) is 11.9 Å². The van der Waals surface area contributed by atoms with Crippen LogP contribution in [0.15, 0.2) is 36.5 Å². The summed E-state index contributed by atoms with van der Waals surface area (Å²) in [6, 6.07) is 10.9. The van der Waals surface area contributed by atoms with Crippen molar-refractivity contribution in [2.75, 3.05) is 0 Å². The minimum atomic E-state index is -0.317. The third-order valence-electron chi connectivity index (χ3n) is 2.11. The van der Waals surface area contributed by atoms with Gasteiger partial charge in [-0.05, 0) is 0 Å². The van der Waals surface area contributed by atoms with Crippen molar-refractivity contribution >= 4 is 0 Å². The van der Waals surface area contributed by atoms with Gasteiger partial charge in [0, 0.05) is 5.56 Å². The zero-order valence-corrected chi connectivity index (χ0v) is 8.25. The minimum Gasteiger partial charge on any atom is -0.427 e. The maximum atomic E-state index is 9.41. The molecule has 0 spiro atoms.